The minimum Gasteiger partial charge on any atom is -0.367 e. The van der Waals surface area contributed by atoms with Crippen molar-refractivity contribution in [2.45, 2.75) is 25.4 Å². The standard InChI is InChI=1S/C22H24N4O/c27-22(19-10-8-18(9-11-19)16-25-14-12-23-17-25)24-15-21-7-4-13-26(21)20-5-2-1-3-6-20/h1-3,5-6,8-12,14,17,21H,4,7,13,15-16H2,(H,24,27). The molecule has 0 saturated carbocycles. The molecule has 1 fully saturated rings. The van der Waals surface area contributed by atoms with Crippen molar-refractivity contribution in [3.8, 4) is 0 Å². The summed E-state index contributed by atoms with van der Waals surface area (Å²) in [5, 5.41) is 3.11. The number of carbonyl (C=O) groups is 1. The molecule has 0 aliphatic carbocycles. The monoisotopic (exact) mass is 360 g/mol. The number of amides is 1. The highest BCUT2D eigenvalue weighted by Crippen LogP contribution is 2.24. The lowest BCUT2D eigenvalue weighted by Crippen LogP contribution is -2.40. The molecule has 0 spiro atoms. The second-order valence-electron chi connectivity index (χ2n) is 6.97. The molecule has 1 saturated heterocycles. The maximum Gasteiger partial charge on any atom is 0.251 e. The van der Waals surface area contributed by atoms with Gasteiger partial charge in [0.25, 0.3) is 5.91 Å². The molecule has 138 valence electrons. The van der Waals surface area contributed by atoms with E-state index < -0.39 is 0 Å². The number of aromatic nitrogens is 2. The summed E-state index contributed by atoms with van der Waals surface area (Å²) in [6, 6.07) is 18.6. The summed E-state index contributed by atoms with van der Waals surface area (Å²) in [7, 11) is 0. The van der Waals surface area contributed by atoms with Crippen molar-refractivity contribution in [3.05, 3.63) is 84.4 Å². The van der Waals surface area contributed by atoms with Gasteiger partial charge in [-0.25, -0.2) is 4.98 Å². The van der Waals surface area contributed by atoms with Crippen LogP contribution >= 0.6 is 0 Å². The van der Waals surface area contributed by atoms with E-state index in [1.807, 2.05) is 41.1 Å². The first-order valence-corrected chi connectivity index (χ1v) is 9.44. The predicted octanol–water partition coefficient (Wildman–Crippen LogP) is 3.33. The summed E-state index contributed by atoms with van der Waals surface area (Å²) in [4.78, 5) is 19.0. The zero-order valence-electron chi connectivity index (χ0n) is 15.3. The molecule has 1 aromatic heterocycles. The van der Waals surface area contributed by atoms with E-state index in [2.05, 4.69) is 39.5 Å². The minimum absolute atomic E-state index is 0.0101. The molecule has 1 unspecified atom stereocenters. The molecule has 0 bridgehead atoms. The number of benzene rings is 2. The number of hydrogen-bond acceptors (Lipinski definition) is 3. The van der Waals surface area contributed by atoms with Crippen LogP contribution in [0.4, 0.5) is 5.69 Å². The Morgan fingerprint density at radius 1 is 1.11 bits per heavy atom. The Morgan fingerprint density at radius 2 is 1.93 bits per heavy atom. The molecule has 1 aliphatic rings. The highest BCUT2D eigenvalue weighted by molar-refractivity contribution is 5.94. The van der Waals surface area contributed by atoms with Crippen molar-refractivity contribution >= 4 is 11.6 Å². The van der Waals surface area contributed by atoms with E-state index in [0.29, 0.717) is 18.2 Å². The Bertz CT molecular complexity index is 859. The number of rotatable bonds is 6. The predicted molar refractivity (Wildman–Crippen MR) is 107 cm³/mol. The van der Waals surface area contributed by atoms with E-state index in [9.17, 15) is 4.79 Å². The SMILES string of the molecule is O=C(NCC1CCCN1c1ccccc1)c1ccc(Cn2ccnc2)cc1. The number of anilines is 1. The Hall–Kier alpha value is -3.08. The van der Waals surface area contributed by atoms with Crippen LogP contribution in [-0.4, -0.2) is 34.6 Å². The highest BCUT2D eigenvalue weighted by Gasteiger charge is 2.25. The van der Waals surface area contributed by atoms with Gasteiger partial charge in [-0.1, -0.05) is 30.3 Å². The Kier molecular flexibility index (Phi) is 5.19. The van der Waals surface area contributed by atoms with E-state index >= 15 is 0 Å². The van der Waals surface area contributed by atoms with Gasteiger partial charge in [0.05, 0.1) is 6.33 Å². The van der Waals surface area contributed by atoms with Gasteiger partial charge in [0.15, 0.2) is 0 Å². The summed E-state index contributed by atoms with van der Waals surface area (Å²) in [5.41, 5.74) is 3.09. The van der Waals surface area contributed by atoms with Crippen molar-refractivity contribution in [1.29, 1.82) is 0 Å². The first kappa shape index (κ1) is 17.3. The maximum absolute atomic E-state index is 12.5. The number of nitrogens with zero attached hydrogens (tertiary/aromatic N) is 3. The van der Waals surface area contributed by atoms with Crippen molar-refractivity contribution in [2.24, 2.45) is 0 Å². The fourth-order valence-electron chi connectivity index (χ4n) is 3.67. The fourth-order valence-corrected chi connectivity index (χ4v) is 3.67. The van der Waals surface area contributed by atoms with Crippen LogP contribution < -0.4 is 10.2 Å². The quantitative estimate of drug-likeness (QED) is 0.734. The van der Waals surface area contributed by atoms with Crippen LogP contribution in [-0.2, 0) is 6.54 Å². The van der Waals surface area contributed by atoms with Gasteiger partial charge in [0, 0.05) is 49.3 Å². The molecule has 4 rings (SSSR count). The van der Waals surface area contributed by atoms with Crippen LogP contribution in [0.3, 0.4) is 0 Å². The third kappa shape index (κ3) is 4.19. The van der Waals surface area contributed by atoms with Crippen molar-refractivity contribution in [3.63, 3.8) is 0 Å². The van der Waals surface area contributed by atoms with Crippen LogP contribution in [0.1, 0.15) is 28.8 Å². The summed E-state index contributed by atoms with van der Waals surface area (Å²) < 4.78 is 2.01. The molecule has 5 nitrogen and oxygen atoms in total. The van der Waals surface area contributed by atoms with Crippen molar-refractivity contribution < 1.29 is 4.79 Å². The van der Waals surface area contributed by atoms with Gasteiger partial charge in [-0.05, 0) is 42.7 Å². The molecule has 1 amide bonds. The minimum atomic E-state index is -0.0101. The molecule has 1 atom stereocenters. The van der Waals surface area contributed by atoms with Gasteiger partial charge in [-0.2, -0.15) is 0 Å². The molecule has 1 aliphatic heterocycles. The van der Waals surface area contributed by atoms with Crippen LogP contribution in [0.25, 0.3) is 0 Å². The number of carbonyl (C=O) groups excluding carboxylic acids is 1. The zero-order chi connectivity index (χ0) is 18.5. The smallest absolute Gasteiger partial charge is 0.251 e. The number of nitrogens with one attached hydrogen (secondary N) is 1. The lowest BCUT2D eigenvalue weighted by atomic mass is 10.1. The van der Waals surface area contributed by atoms with E-state index in [1.165, 1.54) is 12.1 Å². The largest absolute Gasteiger partial charge is 0.367 e. The van der Waals surface area contributed by atoms with Gasteiger partial charge in [-0.15, -0.1) is 0 Å². The first-order valence-electron chi connectivity index (χ1n) is 9.44. The van der Waals surface area contributed by atoms with Crippen LogP contribution in [0.15, 0.2) is 73.3 Å². The fraction of sp³-hybridized carbons (Fsp3) is 0.273. The number of hydrogen-bond donors (Lipinski definition) is 1. The van der Waals surface area contributed by atoms with E-state index in [1.54, 1.807) is 12.5 Å². The molecule has 2 heterocycles. The highest BCUT2D eigenvalue weighted by atomic mass is 16.1. The topological polar surface area (TPSA) is 50.2 Å². The Morgan fingerprint density at radius 3 is 2.67 bits per heavy atom. The Labute approximate surface area is 159 Å². The van der Waals surface area contributed by atoms with Gasteiger partial charge in [0.2, 0.25) is 0 Å². The molecule has 5 heteroatoms. The molecular formula is C22H24N4O. The van der Waals surface area contributed by atoms with E-state index in [-0.39, 0.29) is 5.91 Å². The van der Waals surface area contributed by atoms with Crippen LogP contribution in [0.2, 0.25) is 0 Å². The summed E-state index contributed by atoms with van der Waals surface area (Å²) >= 11 is 0. The average Bonchev–Trinajstić information content (AvgIpc) is 3.39. The molecule has 3 aromatic rings. The van der Waals surface area contributed by atoms with Gasteiger partial charge >= 0.3 is 0 Å². The third-order valence-electron chi connectivity index (χ3n) is 5.10. The third-order valence-corrected chi connectivity index (χ3v) is 5.10. The van der Waals surface area contributed by atoms with Gasteiger partial charge in [-0.3, -0.25) is 4.79 Å². The van der Waals surface area contributed by atoms with Gasteiger partial charge in [0.1, 0.15) is 0 Å². The summed E-state index contributed by atoms with van der Waals surface area (Å²) in [5.74, 6) is -0.0101. The van der Waals surface area contributed by atoms with Crippen molar-refractivity contribution in [2.75, 3.05) is 18.0 Å². The summed E-state index contributed by atoms with van der Waals surface area (Å²) in [6.45, 7) is 2.48. The van der Waals surface area contributed by atoms with Crippen LogP contribution in [0.5, 0.6) is 0 Å². The molecule has 0 radical (unpaired) electrons. The number of imidazole rings is 1. The second kappa shape index (κ2) is 8.08. The molecular weight excluding hydrogens is 336 g/mol. The molecule has 1 N–H and O–H groups in total. The zero-order valence-corrected chi connectivity index (χ0v) is 15.3. The first-order chi connectivity index (χ1) is 13.3. The average molecular weight is 360 g/mol. The van der Waals surface area contributed by atoms with Crippen molar-refractivity contribution in [1.82, 2.24) is 14.9 Å². The second-order valence-corrected chi connectivity index (χ2v) is 6.97. The maximum atomic E-state index is 12.5. The Balaban J connectivity index is 1.33. The van der Waals surface area contributed by atoms with E-state index in [4.69, 9.17) is 0 Å². The molecule has 2 aromatic carbocycles. The lowest BCUT2D eigenvalue weighted by molar-refractivity contribution is 0.0951. The van der Waals surface area contributed by atoms with Gasteiger partial charge < -0.3 is 14.8 Å². The lowest BCUT2D eigenvalue weighted by Gasteiger charge is -2.27. The normalized spacial score (nSPS) is 16.4. The van der Waals surface area contributed by atoms with Crippen LogP contribution in [0, 0.1) is 0 Å². The number of para-hydroxylation sites is 1. The summed E-state index contributed by atoms with van der Waals surface area (Å²) in [6.07, 6.45) is 7.77. The molecule has 27 heavy (non-hydrogen) atoms. The van der Waals surface area contributed by atoms with E-state index in [0.717, 1.165) is 25.1 Å².